The fraction of sp³-hybridized carbons (Fsp3) is 0.208. The zero-order valence-corrected chi connectivity index (χ0v) is 17.2. The number of ketones is 1. The van der Waals surface area contributed by atoms with Gasteiger partial charge in [-0.1, -0.05) is 24.0 Å². The van der Waals surface area contributed by atoms with E-state index in [1.165, 1.54) is 6.92 Å². The maximum absolute atomic E-state index is 12.3. The van der Waals surface area contributed by atoms with E-state index in [4.69, 9.17) is 5.11 Å². The number of amides is 1. The van der Waals surface area contributed by atoms with Crippen LogP contribution in [-0.4, -0.2) is 50.4 Å². The van der Waals surface area contributed by atoms with Crippen molar-refractivity contribution in [3.63, 3.8) is 0 Å². The van der Waals surface area contributed by atoms with Crippen LogP contribution in [0, 0.1) is 11.8 Å². The fourth-order valence-corrected chi connectivity index (χ4v) is 3.02. The first kappa shape index (κ1) is 22.0. The Kier molecular flexibility index (Phi) is 6.98. The first-order chi connectivity index (χ1) is 14.9. The van der Waals surface area contributed by atoms with Gasteiger partial charge in [-0.15, -0.1) is 0 Å². The van der Waals surface area contributed by atoms with E-state index >= 15 is 0 Å². The summed E-state index contributed by atoms with van der Waals surface area (Å²) in [7, 11) is 1.89. The van der Waals surface area contributed by atoms with Crippen molar-refractivity contribution in [2.45, 2.75) is 19.1 Å². The van der Waals surface area contributed by atoms with Gasteiger partial charge in [0, 0.05) is 29.9 Å². The largest absolute Gasteiger partial charge is 0.391 e. The molecule has 158 valence electrons. The molecule has 0 aliphatic rings. The maximum Gasteiger partial charge on any atom is 0.251 e. The Morgan fingerprint density at radius 1 is 1.03 bits per heavy atom. The van der Waals surface area contributed by atoms with Crippen molar-refractivity contribution in [2.24, 2.45) is 7.05 Å². The van der Waals surface area contributed by atoms with Gasteiger partial charge in [-0.05, 0) is 55.0 Å². The lowest BCUT2D eigenvalue weighted by atomic mass is 10.1. The minimum absolute atomic E-state index is 0.322. The lowest BCUT2D eigenvalue weighted by Gasteiger charge is -2.19. The second-order valence-electron chi connectivity index (χ2n) is 7.06. The lowest BCUT2D eigenvalue weighted by molar-refractivity contribution is -0.125. The summed E-state index contributed by atoms with van der Waals surface area (Å²) < 4.78 is 1.81. The number of nitrogens with one attached hydrogen (secondary N) is 1. The predicted octanol–water partition coefficient (Wildman–Crippen LogP) is 1.53. The Hall–Kier alpha value is -3.73. The van der Waals surface area contributed by atoms with Gasteiger partial charge in [-0.2, -0.15) is 5.10 Å². The summed E-state index contributed by atoms with van der Waals surface area (Å²) >= 11 is 0. The van der Waals surface area contributed by atoms with Crippen molar-refractivity contribution < 1.29 is 19.8 Å². The number of Topliss-reactive ketones (excluding diaryl/α,β-unsaturated/α-hetero) is 1. The highest BCUT2D eigenvalue weighted by Gasteiger charge is 2.25. The van der Waals surface area contributed by atoms with Gasteiger partial charge >= 0.3 is 0 Å². The van der Waals surface area contributed by atoms with E-state index in [9.17, 15) is 14.7 Å². The monoisotopic (exact) mass is 417 g/mol. The zero-order valence-electron chi connectivity index (χ0n) is 17.2. The highest BCUT2D eigenvalue weighted by molar-refractivity contribution is 5.98. The third-order valence-electron chi connectivity index (χ3n) is 4.77. The number of carbonyl (C=O) groups excluding carboxylic acids is 2. The number of rotatable bonds is 6. The Morgan fingerprint density at radius 3 is 2.10 bits per heavy atom. The van der Waals surface area contributed by atoms with Crippen LogP contribution in [0.15, 0.2) is 60.8 Å². The normalized spacial score (nSPS) is 12.4. The van der Waals surface area contributed by atoms with Gasteiger partial charge in [-0.25, -0.2) is 0 Å². The first-order valence-corrected chi connectivity index (χ1v) is 9.72. The van der Waals surface area contributed by atoms with Gasteiger partial charge in [0.05, 0.1) is 11.8 Å². The number of aromatic nitrogens is 2. The quantitative estimate of drug-likeness (QED) is 0.528. The molecule has 3 aromatic rings. The summed E-state index contributed by atoms with van der Waals surface area (Å²) in [4.78, 5) is 24.0. The number of aliphatic hydroxyl groups is 2. The van der Waals surface area contributed by atoms with E-state index in [2.05, 4.69) is 22.3 Å². The molecule has 3 rings (SSSR count). The summed E-state index contributed by atoms with van der Waals surface area (Å²) in [6.45, 7) is 0.619. The summed E-state index contributed by atoms with van der Waals surface area (Å²) in [5.41, 5.74) is 3.98. The molecule has 0 bridgehead atoms. The molecule has 1 heterocycles. The highest BCUT2D eigenvalue weighted by Crippen LogP contribution is 2.18. The molecule has 1 aromatic heterocycles. The van der Waals surface area contributed by atoms with Crippen LogP contribution in [0.5, 0.6) is 0 Å². The van der Waals surface area contributed by atoms with Crippen molar-refractivity contribution in [1.82, 2.24) is 15.1 Å². The molecule has 7 nitrogen and oxygen atoms in total. The molecule has 0 saturated carbocycles. The van der Waals surface area contributed by atoms with Gasteiger partial charge in [0.1, 0.15) is 12.6 Å². The molecule has 0 aliphatic carbocycles. The molecule has 1 amide bonds. The molecule has 2 aromatic carbocycles. The van der Waals surface area contributed by atoms with Gasteiger partial charge < -0.3 is 15.5 Å². The van der Waals surface area contributed by atoms with E-state index in [1.807, 2.05) is 42.1 Å². The Bertz CT molecular complexity index is 1120. The van der Waals surface area contributed by atoms with E-state index in [1.54, 1.807) is 30.5 Å². The lowest BCUT2D eigenvalue weighted by Crippen LogP contribution is -2.48. The molecular formula is C24H23N3O4. The van der Waals surface area contributed by atoms with E-state index in [0.29, 0.717) is 5.56 Å². The van der Waals surface area contributed by atoms with E-state index in [0.717, 1.165) is 22.4 Å². The van der Waals surface area contributed by atoms with Gasteiger partial charge in [0.15, 0.2) is 5.78 Å². The predicted molar refractivity (Wildman–Crippen MR) is 116 cm³/mol. The molecule has 0 fully saturated rings. The number of aliphatic hydroxyl groups excluding tert-OH is 2. The summed E-state index contributed by atoms with van der Waals surface area (Å²) in [6, 6.07) is 15.2. The standard InChI is InChI=1S/C24H23N3O4/c1-16(29)23(22(30)15-28)26-24(31)20-11-7-18(8-12-20)4-3-17-5-9-19(10-6-17)21-13-14-25-27(21)2/h5-14,16,23,28-29H,15H2,1-2H3,(H,26,31)/t16-,23-/m0/s1. The van der Waals surface area contributed by atoms with Crippen molar-refractivity contribution in [3.8, 4) is 23.1 Å². The summed E-state index contributed by atoms with van der Waals surface area (Å²) in [5, 5.41) is 25.2. The van der Waals surface area contributed by atoms with Crippen molar-refractivity contribution >= 4 is 11.7 Å². The molecule has 2 atom stereocenters. The van der Waals surface area contributed by atoms with E-state index in [-0.39, 0.29) is 0 Å². The van der Waals surface area contributed by atoms with E-state index < -0.39 is 30.4 Å². The minimum atomic E-state index is -1.16. The summed E-state index contributed by atoms with van der Waals surface area (Å²) in [6.07, 6.45) is 0.639. The molecule has 0 unspecified atom stereocenters. The minimum Gasteiger partial charge on any atom is -0.391 e. The molecule has 7 heteroatoms. The number of aryl methyl sites for hydroxylation is 1. The second kappa shape index (κ2) is 9.85. The Balaban J connectivity index is 1.67. The smallest absolute Gasteiger partial charge is 0.251 e. The average molecular weight is 417 g/mol. The van der Waals surface area contributed by atoms with Crippen molar-refractivity contribution in [1.29, 1.82) is 0 Å². The molecule has 0 saturated heterocycles. The van der Waals surface area contributed by atoms with Crippen molar-refractivity contribution in [3.05, 3.63) is 77.5 Å². The third kappa shape index (κ3) is 5.45. The average Bonchev–Trinajstić information content (AvgIpc) is 3.21. The SMILES string of the molecule is C[C@H](O)[C@H](NC(=O)c1ccc(C#Cc2ccc(-c3ccnn3C)cc2)cc1)C(=O)CO. The molecule has 0 aliphatic heterocycles. The number of hydrogen-bond acceptors (Lipinski definition) is 5. The van der Waals surface area contributed by atoms with Crippen LogP contribution >= 0.6 is 0 Å². The number of nitrogens with zero attached hydrogens (tertiary/aromatic N) is 2. The fourth-order valence-electron chi connectivity index (χ4n) is 3.02. The summed E-state index contributed by atoms with van der Waals surface area (Å²) in [5.74, 6) is 4.97. The van der Waals surface area contributed by atoms with Crippen molar-refractivity contribution in [2.75, 3.05) is 6.61 Å². The zero-order chi connectivity index (χ0) is 22.4. The Morgan fingerprint density at radius 2 is 1.61 bits per heavy atom. The maximum atomic E-state index is 12.3. The third-order valence-corrected chi connectivity index (χ3v) is 4.77. The van der Waals surface area contributed by atoms with Crippen LogP contribution in [0.3, 0.4) is 0 Å². The van der Waals surface area contributed by atoms with Crippen LogP contribution in [0.25, 0.3) is 11.3 Å². The molecule has 31 heavy (non-hydrogen) atoms. The number of benzene rings is 2. The molecule has 0 radical (unpaired) electrons. The van der Waals surface area contributed by atoms with Gasteiger partial charge in [0.25, 0.3) is 5.91 Å². The van der Waals surface area contributed by atoms with Crippen LogP contribution in [0.2, 0.25) is 0 Å². The van der Waals surface area contributed by atoms with Crippen LogP contribution in [0.4, 0.5) is 0 Å². The number of hydrogen-bond donors (Lipinski definition) is 3. The first-order valence-electron chi connectivity index (χ1n) is 9.72. The topological polar surface area (TPSA) is 104 Å². The second-order valence-corrected chi connectivity index (χ2v) is 7.06. The molecule has 3 N–H and O–H groups in total. The van der Waals surface area contributed by atoms with Crippen LogP contribution in [-0.2, 0) is 11.8 Å². The van der Waals surface area contributed by atoms with Gasteiger partial charge in [-0.3, -0.25) is 14.3 Å². The van der Waals surface area contributed by atoms with Crippen LogP contribution in [0.1, 0.15) is 28.4 Å². The van der Waals surface area contributed by atoms with Crippen LogP contribution < -0.4 is 5.32 Å². The molecule has 0 spiro atoms. The number of carbonyl (C=O) groups is 2. The Labute approximate surface area is 180 Å². The molecular weight excluding hydrogens is 394 g/mol. The van der Waals surface area contributed by atoms with Gasteiger partial charge in [0.2, 0.25) is 0 Å². The highest BCUT2D eigenvalue weighted by atomic mass is 16.3.